The Labute approximate surface area is 127 Å². The van der Waals surface area contributed by atoms with Crippen molar-refractivity contribution < 1.29 is 9.94 Å². The number of rotatable bonds is 4. The summed E-state index contributed by atoms with van der Waals surface area (Å²) in [6, 6.07) is 5.72. The molecule has 3 N–H and O–H groups in total. The number of ether oxygens (including phenoxy) is 1. The molecule has 1 unspecified atom stereocenters. The van der Waals surface area contributed by atoms with Crippen LogP contribution < -0.4 is 10.6 Å². The van der Waals surface area contributed by atoms with E-state index in [0.717, 1.165) is 41.9 Å². The molecule has 1 heterocycles. The molecule has 1 aromatic carbocycles. The van der Waals surface area contributed by atoms with E-state index in [9.17, 15) is 0 Å². The number of anilines is 1. The van der Waals surface area contributed by atoms with Crippen LogP contribution in [-0.4, -0.2) is 37.8 Å². The van der Waals surface area contributed by atoms with Gasteiger partial charge < -0.3 is 20.6 Å². The van der Waals surface area contributed by atoms with E-state index < -0.39 is 0 Å². The second kappa shape index (κ2) is 6.95. The lowest BCUT2D eigenvalue weighted by Crippen LogP contribution is -2.32. The summed E-state index contributed by atoms with van der Waals surface area (Å²) in [5.41, 5.74) is 7.43. The Hall–Kier alpha value is -1.27. The number of hydrogen-bond acceptors (Lipinski definition) is 4. The predicted molar refractivity (Wildman–Crippen MR) is 83.5 cm³/mol. The van der Waals surface area contributed by atoms with Gasteiger partial charge in [-0.2, -0.15) is 0 Å². The smallest absolute Gasteiger partial charge is 0.172 e. The SMILES string of the molecule is CN(CC1CCCOC1)c1cc(Br)ccc1/C(N)=N/O. The van der Waals surface area contributed by atoms with Crippen molar-refractivity contribution in [2.45, 2.75) is 12.8 Å². The zero-order valence-corrected chi connectivity index (χ0v) is 13.1. The highest BCUT2D eigenvalue weighted by Gasteiger charge is 2.18. The van der Waals surface area contributed by atoms with E-state index in [1.54, 1.807) is 0 Å². The minimum absolute atomic E-state index is 0.124. The maximum atomic E-state index is 8.90. The lowest BCUT2D eigenvalue weighted by atomic mass is 10.0. The van der Waals surface area contributed by atoms with E-state index in [4.69, 9.17) is 15.7 Å². The molecule has 1 fully saturated rings. The van der Waals surface area contributed by atoms with Crippen LogP contribution in [-0.2, 0) is 4.74 Å². The zero-order valence-electron chi connectivity index (χ0n) is 11.6. The van der Waals surface area contributed by atoms with Crippen LogP contribution in [0.25, 0.3) is 0 Å². The van der Waals surface area contributed by atoms with Crippen LogP contribution in [0.3, 0.4) is 0 Å². The number of halogens is 1. The Morgan fingerprint density at radius 3 is 3.05 bits per heavy atom. The molecule has 6 heteroatoms. The van der Waals surface area contributed by atoms with Crippen molar-refractivity contribution in [3.8, 4) is 0 Å². The monoisotopic (exact) mass is 341 g/mol. The molecule has 1 saturated heterocycles. The molecule has 1 atom stereocenters. The second-order valence-electron chi connectivity index (χ2n) is 5.11. The number of amidine groups is 1. The normalized spacial score (nSPS) is 19.9. The van der Waals surface area contributed by atoms with Crippen molar-refractivity contribution in [2.24, 2.45) is 16.8 Å². The average molecular weight is 342 g/mol. The molecule has 2 rings (SSSR count). The molecule has 0 bridgehead atoms. The standard InChI is InChI=1S/C14H20BrN3O2/c1-18(8-10-3-2-6-20-9-10)13-7-11(15)4-5-12(13)14(16)17-19/h4-5,7,10,19H,2-3,6,8-9H2,1H3,(H2,16,17). The summed E-state index contributed by atoms with van der Waals surface area (Å²) in [5.74, 6) is 0.645. The second-order valence-corrected chi connectivity index (χ2v) is 6.03. The van der Waals surface area contributed by atoms with Gasteiger partial charge in [-0.3, -0.25) is 0 Å². The van der Waals surface area contributed by atoms with Crippen molar-refractivity contribution in [1.82, 2.24) is 0 Å². The molecule has 0 aliphatic carbocycles. The van der Waals surface area contributed by atoms with E-state index in [2.05, 4.69) is 26.0 Å². The van der Waals surface area contributed by atoms with E-state index in [1.165, 1.54) is 6.42 Å². The van der Waals surface area contributed by atoms with Crippen LogP contribution in [0.15, 0.2) is 27.8 Å². The van der Waals surface area contributed by atoms with Crippen LogP contribution in [0, 0.1) is 5.92 Å². The summed E-state index contributed by atoms with van der Waals surface area (Å²) in [7, 11) is 2.02. The highest BCUT2D eigenvalue weighted by atomic mass is 79.9. The quantitative estimate of drug-likeness (QED) is 0.382. The van der Waals surface area contributed by atoms with Gasteiger partial charge in [0.15, 0.2) is 5.84 Å². The lowest BCUT2D eigenvalue weighted by Gasteiger charge is -2.29. The minimum atomic E-state index is 0.124. The van der Waals surface area contributed by atoms with Crippen molar-refractivity contribution in [2.75, 3.05) is 31.7 Å². The van der Waals surface area contributed by atoms with Crippen LogP contribution >= 0.6 is 15.9 Å². The maximum Gasteiger partial charge on any atom is 0.172 e. The summed E-state index contributed by atoms with van der Waals surface area (Å²) in [4.78, 5) is 2.14. The Bertz CT molecular complexity index is 487. The lowest BCUT2D eigenvalue weighted by molar-refractivity contribution is 0.0576. The third-order valence-corrected chi connectivity index (χ3v) is 4.03. The van der Waals surface area contributed by atoms with Crippen LogP contribution in [0.4, 0.5) is 5.69 Å². The Morgan fingerprint density at radius 1 is 1.60 bits per heavy atom. The fourth-order valence-corrected chi connectivity index (χ4v) is 2.88. The van der Waals surface area contributed by atoms with Crippen LogP contribution in [0.1, 0.15) is 18.4 Å². The van der Waals surface area contributed by atoms with Crippen LogP contribution in [0.2, 0.25) is 0 Å². The van der Waals surface area contributed by atoms with Gasteiger partial charge in [0.05, 0.1) is 6.61 Å². The van der Waals surface area contributed by atoms with E-state index in [0.29, 0.717) is 5.92 Å². The molecule has 1 aromatic rings. The highest BCUT2D eigenvalue weighted by Crippen LogP contribution is 2.26. The average Bonchev–Trinajstić information content (AvgIpc) is 2.47. The van der Waals surface area contributed by atoms with Gasteiger partial charge in [0.1, 0.15) is 0 Å². The number of nitrogens with two attached hydrogens (primary N) is 1. The fourth-order valence-electron chi connectivity index (χ4n) is 2.53. The summed E-state index contributed by atoms with van der Waals surface area (Å²) >= 11 is 3.47. The summed E-state index contributed by atoms with van der Waals surface area (Å²) in [6.45, 7) is 2.56. The molecule has 0 saturated carbocycles. The van der Waals surface area contributed by atoms with Gasteiger partial charge in [-0.15, -0.1) is 0 Å². The van der Waals surface area contributed by atoms with Crippen molar-refractivity contribution in [3.63, 3.8) is 0 Å². The first-order valence-electron chi connectivity index (χ1n) is 6.68. The van der Waals surface area contributed by atoms with Gasteiger partial charge in [-0.1, -0.05) is 21.1 Å². The molecule has 0 radical (unpaired) electrons. The van der Waals surface area contributed by atoms with Gasteiger partial charge in [0.2, 0.25) is 0 Å². The third-order valence-electron chi connectivity index (χ3n) is 3.54. The number of nitrogens with zero attached hydrogens (tertiary/aromatic N) is 2. The summed E-state index contributed by atoms with van der Waals surface area (Å²) < 4.78 is 6.48. The highest BCUT2D eigenvalue weighted by molar-refractivity contribution is 9.10. The number of benzene rings is 1. The molecule has 20 heavy (non-hydrogen) atoms. The Morgan fingerprint density at radius 2 is 2.40 bits per heavy atom. The molecule has 0 spiro atoms. The molecular weight excluding hydrogens is 322 g/mol. The fraction of sp³-hybridized carbons (Fsp3) is 0.500. The zero-order chi connectivity index (χ0) is 14.5. The van der Waals surface area contributed by atoms with Gasteiger partial charge in [0.25, 0.3) is 0 Å². The first-order valence-corrected chi connectivity index (χ1v) is 7.47. The molecule has 110 valence electrons. The number of hydrogen-bond donors (Lipinski definition) is 2. The minimum Gasteiger partial charge on any atom is -0.409 e. The van der Waals surface area contributed by atoms with Gasteiger partial charge in [-0.25, -0.2) is 0 Å². The first-order chi connectivity index (χ1) is 9.61. The van der Waals surface area contributed by atoms with Crippen LogP contribution in [0.5, 0.6) is 0 Å². The van der Waals surface area contributed by atoms with Gasteiger partial charge >= 0.3 is 0 Å². The van der Waals surface area contributed by atoms with E-state index in [-0.39, 0.29) is 5.84 Å². The van der Waals surface area contributed by atoms with Crippen molar-refractivity contribution >= 4 is 27.5 Å². The molecule has 5 nitrogen and oxygen atoms in total. The largest absolute Gasteiger partial charge is 0.409 e. The molecule has 0 amide bonds. The number of oxime groups is 1. The van der Waals surface area contributed by atoms with Crippen molar-refractivity contribution in [1.29, 1.82) is 0 Å². The first kappa shape index (κ1) is 15.1. The third kappa shape index (κ3) is 3.64. The van der Waals surface area contributed by atoms with E-state index >= 15 is 0 Å². The summed E-state index contributed by atoms with van der Waals surface area (Å²) in [6.07, 6.45) is 2.29. The predicted octanol–water partition coefficient (Wildman–Crippen LogP) is 2.41. The summed E-state index contributed by atoms with van der Waals surface area (Å²) in [5, 5.41) is 12.0. The Balaban J connectivity index is 2.19. The molecule has 1 aliphatic heterocycles. The maximum absolute atomic E-state index is 8.90. The molecule has 1 aliphatic rings. The molecular formula is C14H20BrN3O2. The molecule has 0 aromatic heterocycles. The van der Waals surface area contributed by atoms with Crippen molar-refractivity contribution in [3.05, 3.63) is 28.2 Å². The Kier molecular flexibility index (Phi) is 5.25. The van der Waals surface area contributed by atoms with E-state index in [1.807, 2.05) is 25.2 Å². The topological polar surface area (TPSA) is 71.1 Å². The van der Waals surface area contributed by atoms with Gasteiger partial charge in [0, 0.05) is 35.9 Å². The van der Waals surface area contributed by atoms with Gasteiger partial charge in [-0.05, 0) is 37.0 Å².